The van der Waals surface area contributed by atoms with Gasteiger partial charge in [-0.25, -0.2) is 0 Å². The molecule has 1 aromatic heterocycles. The van der Waals surface area contributed by atoms with Gasteiger partial charge in [0, 0.05) is 33.2 Å². The van der Waals surface area contributed by atoms with Gasteiger partial charge in [-0.1, -0.05) is 194 Å². The van der Waals surface area contributed by atoms with Gasteiger partial charge in [0.25, 0.3) is 0 Å². The summed E-state index contributed by atoms with van der Waals surface area (Å²) in [7, 11) is 0. The predicted molar refractivity (Wildman–Crippen MR) is 272 cm³/mol. The van der Waals surface area contributed by atoms with Crippen LogP contribution in [-0.4, -0.2) is 4.57 Å². The molecule has 11 aromatic carbocycles. The summed E-state index contributed by atoms with van der Waals surface area (Å²) in [5, 5.41) is 7.47. The van der Waals surface area contributed by atoms with E-state index in [-0.39, 0.29) is 0 Å². The minimum Gasteiger partial charge on any atom is -0.310 e. The summed E-state index contributed by atoms with van der Waals surface area (Å²) >= 11 is 0. The van der Waals surface area contributed by atoms with Crippen molar-refractivity contribution in [3.63, 3.8) is 0 Å². The van der Waals surface area contributed by atoms with Gasteiger partial charge in [-0.2, -0.15) is 0 Å². The fourth-order valence-electron chi connectivity index (χ4n) is 9.62. The Morgan fingerprint density at radius 2 is 0.703 bits per heavy atom. The average molecular weight is 815 g/mol. The van der Waals surface area contributed by atoms with Crippen LogP contribution in [-0.2, 0) is 0 Å². The molecule has 64 heavy (non-hydrogen) atoms. The molecule has 0 aliphatic carbocycles. The number of anilines is 3. The van der Waals surface area contributed by atoms with E-state index in [0.717, 1.165) is 17.1 Å². The van der Waals surface area contributed by atoms with Crippen LogP contribution in [0, 0.1) is 0 Å². The topological polar surface area (TPSA) is 8.17 Å². The van der Waals surface area contributed by atoms with Gasteiger partial charge in [0.1, 0.15) is 0 Å². The number of fused-ring (bicyclic) bond motifs is 5. The molecule has 300 valence electrons. The van der Waals surface area contributed by atoms with E-state index < -0.39 is 0 Å². The molecule has 0 atom stereocenters. The lowest BCUT2D eigenvalue weighted by molar-refractivity contribution is 1.18. The molecule has 12 rings (SSSR count). The highest BCUT2D eigenvalue weighted by Gasteiger charge is 2.17. The summed E-state index contributed by atoms with van der Waals surface area (Å²) in [5.41, 5.74) is 16.6. The number of para-hydroxylation sites is 2. The Labute approximate surface area is 373 Å². The van der Waals surface area contributed by atoms with Crippen LogP contribution >= 0.6 is 0 Å². The number of rotatable bonds is 8. The van der Waals surface area contributed by atoms with Gasteiger partial charge in [0.05, 0.1) is 16.7 Å². The molecule has 2 heteroatoms. The Morgan fingerprint density at radius 3 is 1.34 bits per heavy atom. The second-order valence-electron chi connectivity index (χ2n) is 16.5. The molecule has 0 spiro atoms. The third-order valence-electron chi connectivity index (χ3n) is 12.8. The molecule has 0 saturated heterocycles. The SMILES string of the molecule is c1ccc(-n2c3ccccc3c3cc(-c4ccc(-c5ccc(-c6ccc(N(c7ccc(-c8cccc9ccccc89)cc7)c7cccc8ccccc78)cc6)cc5)cc4)ccc32)cc1. The van der Waals surface area contributed by atoms with Crippen LogP contribution in [0.2, 0.25) is 0 Å². The van der Waals surface area contributed by atoms with Crippen molar-refractivity contribution in [2.45, 2.75) is 0 Å². The lowest BCUT2D eigenvalue weighted by Gasteiger charge is -2.27. The van der Waals surface area contributed by atoms with Crippen molar-refractivity contribution >= 4 is 60.4 Å². The van der Waals surface area contributed by atoms with E-state index in [1.54, 1.807) is 0 Å². The third kappa shape index (κ3) is 6.61. The highest BCUT2D eigenvalue weighted by molar-refractivity contribution is 6.10. The summed E-state index contributed by atoms with van der Waals surface area (Å²) in [6.07, 6.45) is 0. The molecular weight excluding hydrogens is 773 g/mol. The molecule has 0 N–H and O–H groups in total. The monoisotopic (exact) mass is 814 g/mol. The number of hydrogen-bond donors (Lipinski definition) is 0. The van der Waals surface area contributed by atoms with Crippen LogP contribution in [0.5, 0.6) is 0 Å². The van der Waals surface area contributed by atoms with E-state index in [9.17, 15) is 0 Å². The Morgan fingerprint density at radius 1 is 0.266 bits per heavy atom. The molecule has 0 aliphatic rings. The normalized spacial score (nSPS) is 11.4. The largest absolute Gasteiger partial charge is 0.310 e. The highest BCUT2D eigenvalue weighted by atomic mass is 15.1. The maximum Gasteiger partial charge on any atom is 0.0541 e. The minimum absolute atomic E-state index is 1.11. The van der Waals surface area contributed by atoms with Crippen molar-refractivity contribution in [2.24, 2.45) is 0 Å². The van der Waals surface area contributed by atoms with E-state index in [1.807, 2.05) is 0 Å². The van der Waals surface area contributed by atoms with Crippen molar-refractivity contribution in [3.05, 3.63) is 255 Å². The second-order valence-corrected chi connectivity index (χ2v) is 16.5. The average Bonchev–Trinajstić information content (AvgIpc) is 3.71. The minimum atomic E-state index is 1.11. The molecule has 0 aliphatic heterocycles. The number of hydrogen-bond acceptors (Lipinski definition) is 1. The molecule has 0 amide bonds. The van der Waals surface area contributed by atoms with Gasteiger partial charge in [0.2, 0.25) is 0 Å². The molecule has 0 unspecified atom stereocenters. The first kappa shape index (κ1) is 37.3. The number of aromatic nitrogens is 1. The van der Waals surface area contributed by atoms with Crippen molar-refractivity contribution < 1.29 is 0 Å². The van der Waals surface area contributed by atoms with Gasteiger partial charge in [0.15, 0.2) is 0 Å². The van der Waals surface area contributed by atoms with E-state index >= 15 is 0 Å². The molecule has 0 bridgehead atoms. The summed E-state index contributed by atoms with van der Waals surface area (Å²) in [6, 6.07) is 92.5. The Bertz CT molecular complexity index is 3610. The molecule has 0 radical (unpaired) electrons. The van der Waals surface area contributed by atoms with E-state index in [0.29, 0.717) is 0 Å². The van der Waals surface area contributed by atoms with Crippen LogP contribution < -0.4 is 4.90 Å². The number of nitrogens with zero attached hydrogens (tertiary/aromatic N) is 2. The molecule has 0 fully saturated rings. The van der Waals surface area contributed by atoms with Crippen LogP contribution in [0.4, 0.5) is 17.1 Å². The standard InChI is InChI=1S/C62H42N2/c1-2-16-52(17-3-1)64-61-22-9-8-20-58(61)59-42-51(36-41-62(59)64)47-30-28-44(29-31-47)43-24-26-45(27-25-43)46-32-37-53(38-33-46)63(60-23-11-15-49-13-5-7-19-57(49)60)54-39-34-50(35-40-54)56-21-10-14-48-12-4-6-18-55(48)56/h1-42H. The zero-order valence-electron chi connectivity index (χ0n) is 35.1. The molecule has 12 aromatic rings. The fraction of sp³-hybridized carbons (Fsp3) is 0. The summed E-state index contributed by atoms with van der Waals surface area (Å²) in [5.74, 6) is 0. The van der Waals surface area contributed by atoms with Crippen molar-refractivity contribution in [2.75, 3.05) is 4.90 Å². The van der Waals surface area contributed by atoms with E-state index in [4.69, 9.17) is 0 Å². The smallest absolute Gasteiger partial charge is 0.0541 e. The van der Waals surface area contributed by atoms with E-state index in [1.165, 1.54) is 93.5 Å². The van der Waals surface area contributed by atoms with Crippen LogP contribution in [0.25, 0.3) is 93.5 Å². The third-order valence-corrected chi connectivity index (χ3v) is 12.8. The zero-order valence-corrected chi connectivity index (χ0v) is 35.1. The van der Waals surface area contributed by atoms with Gasteiger partial charge < -0.3 is 9.47 Å². The van der Waals surface area contributed by atoms with Gasteiger partial charge in [-0.15, -0.1) is 0 Å². The summed E-state index contributed by atoms with van der Waals surface area (Å²) in [4.78, 5) is 2.38. The second kappa shape index (κ2) is 15.8. The van der Waals surface area contributed by atoms with Gasteiger partial charge in [-0.05, 0) is 121 Å². The Kier molecular flexibility index (Phi) is 9.20. The first-order chi connectivity index (χ1) is 31.7. The summed E-state index contributed by atoms with van der Waals surface area (Å²) < 4.78 is 2.36. The van der Waals surface area contributed by atoms with E-state index in [2.05, 4.69) is 264 Å². The lowest BCUT2D eigenvalue weighted by Crippen LogP contribution is -2.10. The Balaban J connectivity index is 0.825. The maximum absolute atomic E-state index is 2.38. The maximum atomic E-state index is 2.38. The fourth-order valence-corrected chi connectivity index (χ4v) is 9.62. The molecule has 2 nitrogen and oxygen atoms in total. The molecular formula is C62H42N2. The summed E-state index contributed by atoms with van der Waals surface area (Å²) in [6.45, 7) is 0. The Hall–Kier alpha value is -8.46. The van der Waals surface area contributed by atoms with Crippen molar-refractivity contribution in [1.82, 2.24) is 4.57 Å². The van der Waals surface area contributed by atoms with Crippen molar-refractivity contribution in [1.29, 1.82) is 0 Å². The highest BCUT2D eigenvalue weighted by Crippen LogP contribution is 2.41. The predicted octanol–water partition coefficient (Wildman–Crippen LogP) is 17.2. The van der Waals surface area contributed by atoms with Gasteiger partial charge >= 0.3 is 0 Å². The number of benzene rings is 11. The first-order valence-corrected chi connectivity index (χ1v) is 22.0. The first-order valence-electron chi connectivity index (χ1n) is 22.0. The van der Waals surface area contributed by atoms with Crippen LogP contribution in [0.3, 0.4) is 0 Å². The quantitative estimate of drug-likeness (QED) is 0.148. The van der Waals surface area contributed by atoms with Crippen molar-refractivity contribution in [3.8, 4) is 50.2 Å². The van der Waals surface area contributed by atoms with Gasteiger partial charge in [-0.3, -0.25) is 0 Å². The zero-order chi connectivity index (χ0) is 42.4. The molecule has 0 saturated carbocycles. The van der Waals surface area contributed by atoms with Crippen LogP contribution in [0.15, 0.2) is 255 Å². The lowest BCUT2D eigenvalue weighted by atomic mass is 9.97. The van der Waals surface area contributed by atoms with Crippen LogP contribution in [0.1, 0.15) is 0 Å². The molecule has 1 heterocycles.